The molecule has 0 aliphatic carbocycles. The monoisotopic (exact) mass is 415 g/mol. The molecule has 3 aromatic rings. The van der Waals surface area contributed by atoms with Gasteiger partial charge in [0, 0.05) is 42.4 Å². The zero-order valence-electron chi connectivity index (χ0n) is 14.3. The predicted molar refractivity (Wildman–Crippen MR) is 102 cm³/mol. The summed E-state index contributed by atoms with van der Waals surface area (Å²) in [6, 6.07) is 9.46. The number of fused-ring (bicyclic) bond motifs is 1. The molecule has 0 saturated carbocycles. The lowest BCUT2D eigenvalue weighted by molar-refractivity contribution is 0.208. The van der Waals surface area contributed by atoms with Crippen molar-refractivity contribution < 1.29 is 4.79 Å². The predicted octanol–water partition coefficient (Wildman–Crippen LogP) is 2.55. The lowest BCUT2D eigenvalue weighted by Crippen LogP contribution is -2.50. The van der Waals surface area contributed by atoms with Crippen LogP contribution in [0, 0.1) is 6.92 Å². The van der Waals surface area contributed by atoms with Crippen LogP contribution in [0.15, 0.2) is 41.0 Å². The van der Waals surface area contributed by atoms with Gasteiger partial charge in [0.15, 0.2) is 11.5 Å². The molecule has 1 aliphatic rings. The number of aryl methyl sites for hydroxylation is 1. The molecule has 9 heteroatoms. The van der Waals surface area contributed by atoms with E-state index in [0.717, 1.165) is 40.4 Å². The maximum absolute atomic E-state index is 12.4. The summed E-state index contributed by atoms with van der Waals surface area (Å²) in [7, 11) is 0. The number of amides is 2. The summed E-state index contributed by atoms with van der Waals surface area (Å²) in [5.74, 6) is 0.765. The molecule has 8 nitrogen and oxygen atoms in total. The van der Waals surface area contributed by atoms with Gasteiger partial charge in [0.25, 0.3) is 0 Å². The van der Waals surface area contributed by atoms with Gasteiger partial charge in [-0.1, -0.05) is 15.9 Å². The van der Waals surface area contributed by atoms with E-state index in [0.29, 0.717) is 13.1 Å². The first-order chi connectivity index (χ1) is 12.6. The second-order valence-electron chi connectivity index (χ2n) is 6.14. The number of piperazine rings is 1. The van der Waals surface area contributed by atoms with Crippen LogP contribution in [0.1, 0.15) is 5.82 Å². The minimum atomic E-state index is -0.0753. The Balaban J connectivity index is 1.38. The van der Waals surface area contributed by atoms with Crippen molar-refractivity contribution in [2.75, 3.05) is 36.4 Å². The smallest absolute Gasteiger partial charge is 0.321 e. The van der Waals surface area contributed by atoms with Crippen LogP contribution in [0.2, 0.25) is 0 Å². The zero-order chi connectivity index (χ0) is 18.1. The number of nitrogens with zero attached hydrogens (tertiary/aromatic N) is 6. The number of hydrogen-bond donors (Lipinski definition) is 1. The Kier molecular flexibility index (Phi) is 4.46. The summed E-state index contributed by atoms with van der Waals surface area (Å²) in [5.41, 5.74) is 2.52. The molecule has 134 valence electrons. The Morgan fingerprint density at radius 3 is 2.58 bits per heavy atom. The Bertz CT molecular complexity index is 932. The summed E-state index contributed by atoms with van der Waals surface area (Å²) < 4.78 is 2.70. The van der Waals surface area contributed by atoms with Gasteiger partial charge in [0.2, 0.25) is 0 Å². The summed E-state index contributed by atoms with van der Waals surface area (Å²) in [6.45, 7) is 4.67. The Labute approximate surface area is 158 Å². The number of carbonyl (C=O) groups excluding carboxylic acids is 1. The minimum Gasteiger partial charge on any atom is -0.367 e. The SMILES string of the molecule is Cc1nnc2cc(N3CCN(C(=O)Nc4ccc(Br)cc4)CC3)cnn12. The first-order valence-corrected chi connectivity index (χ1v) is 9.14. The highest BCUT2D eigenvalue weighted by atomic mass is 79.9. The van der Waals surface area contributed by atoms with Crippen molar-refractivity contribution in [3.05, 3.63) is 46.8 Å². The number of aromatic nitrogens is 4. The van der Waals surface area contributed by atoms with Crippen molar-refractivity contribution in [2.45, 2.75) is 6.92 Å². The molecule has 2 aromatic heterocycles. The molecule has 1 aliphatic heterocycles. The molecular formula is C17H18BrN7O. The number of urea groups is 1. The minimum absolute atomic E-state index is 0.0753. The number of anilines is 2. The van der Waals surface area contributed by atoms with Gasteiger partial charge in [-0.2, -0.15) is 9.61 Å². The van der Waals surface area contributed by atoms with E-state index in [1.54, 1.807) is 4.52 Å². The van der Waals surface area contributed by atoms with Gasteiger partial charge in [-0.05, 0) is 31.2 Å². The Morgan fingerprint density at radius 2 is 1.85 bits per heavy atom. The van der Waals surface area contributed by atoms with E-state index in [1.165, 1.54) is 0 Å². The number of halogens is 1. The van der Waals surface area contributed by atoms with E-state index in [1.807, 2.05) is 48.4 Å². The van der Waals surface area contributed by atoms with E-state index in [-0.39, 0.29) is 6.03 Å². The first kappa shape index (κ1) is 16.8. The van der Waals surface area contributed by atoms with Crippen molar-refractivity contribution in [3.63, 3.8) is 0 Å². The highest BCUT2D eigenvalue weighted by Gasteiger charge is 2.22. The second-order valence-corrected chi connectivity index (χ2v) is 7.06. The van der Waals surface area contributed by atoms with Gasteiger partial charge >= 0.3 is 6.03 Å². The molecule has 2 amide bonds. The van der Waals surface area contributed by atoms with Crippen molar-refractivity contribution in [2.24, 2.45) is 0 Å². The summed E-state index contributed by atoms with van der Waals surface area (Å²) in [5, 5.41) is 15.5. The lowest BCUT2D eigenvalue weighted by atomic mass is 10.3. The third-order valence-electron chi connectivity index (χ3n) is 4.43. The van der Waals surface area contributed by atoms with E-state index in [2.05, 4.69) is 41.4 Å². The number of benzene rings is 1. The summed E-state index contributed by atoms with van der Waals surface area (Å²) >= 11 is 3.39. The van der Waals surface area contributed by atoms with Crippen LogP contribution < -0.4 is 10.2 Å². The molecule has 0 radical (unpaired) electrons. The fourth-order valence-corrected chi connectivity index (χ4v) is 3.23. The van der Waals surface area contributed by atoms with Crippen molar-refractivity contribution in [1.82, 2.24) is 24.7 Å². The van der Waals surface area contributed by atoms with Crippen LogP contribution in [0.4, 0.5) is 16.2 Å². The molecule has 0 bridgehead atoms. The fraction of sp³-hybridized carbons (Fsp3) is 0.294. The molecule has 0 spiro atoms. The van der Waals surface area contributed by atoms with Gasteiger partial charge in [0.05, 0.1) is 11.9 Å². The van der Waals surface area contributed by atoms with Gasteiger partial charge < -0.3 is 15.1 Å². The highest BCUT2D eigenvalue weighted by molar-refractivity contribution is 9.10. The number of carbonyl (C=O) groups is 1. The average Bonchev–Trinajstić information content (AvgIpc) is 3.04. The molecule has 1 saturated heterocycles. The van der Waals surface area contributed by atoms with Crippen molar-refractivity contribution in [3.8, 4) is 0 Å². The standard InChI is InChI=1S/C17H18BrN7O/c1-12-21-22-16-10-15(11-19-25(12)16)23-6-8-24(9-7-23)17(26)20-14-4-2-13(18)3-5-14/h2-5,10-11H,6-9H2,1H3,(H,20,26). The molecule has 0 unspecified atom stereocenters. The quantitative estimate of drug-likeness (QED) is 0.695. The number of rotatable bonds is 2. The Morgan fingerprint density at radius 1 is 1.12 bits per heavy atom. The molecular weight excluding hydrogens is 398 g/mol. The number of hydrogen-bond acceptors (Lipinski definition) is 5. The maximum Gasteiger partial charge on any atom is 0.321 e. The second kappa shape index (κ2) is 6.91. The van der Waals surface area contributed by atoms with Gasteiger partial charge in [0.1, 0.15) is 0 Å². The molecule has 1 aromatic carbocycles. The molecule has 26 heavy (non-hydrogen) atoms. The topological polar surface area (TPSA) is 78.7 Å². The lowest BCUT2D eigenvalue weighted by Gasteiger charge is -2.35. The molecule has 0 atom stereocenters. The van der Waals surface area contributed by atoms with Crippen molar-refractivity contribution in [1.29, 1.82) is 0 Å². The van der Waals surface area contributed by atoms with Crippen LogP contribution in [-0.4, -0.2) is 56.9 Å². The summed E-state index contributed by atoms with van der Waals surface area (Å²) in [4.78, 5) is 16.5. The Hall–Kier alpha value is -2.68. The first-order valence-electron chi connectivity index (χ1n) is 8.35. The van der Waals surface area contributed by atoms with Gasteiger partial charge in [-0.15, -0.1) is 10.2 Å². The summed E-state index contributed by atoms with van der Waals surface area (Å²) in [6.07, 6.45) is 1.82. The van der Waals surface area contributed by atoms with Crippen LogP contribution in [-0.2, 0) is 0 Å². The van der Waals surface area contributed by atoms with Gasteiger partial charge in [-0.3, -0.25) is 0 Å². The zero-order valence-corrected chi connectivity index (χ0v) is 15.8. The number of nitrogens with one attached hydrogen (secondary N) is 1. The maximum atomic E-state index is 12.4. The third kappa shape index (κ3) is 3.34. The third-order valence-corrected chi connectivity index (χ3v) is 4.96. The van der Waals surface area contributed by atoms with E-state index in [4.69, 9.17) is 0 Å². The largest absolute Gasteiger partial charge is 0.367 e. The average molecular weight is 416 g/mol. The van der Waals surface area contributed by atoms with Crippen LogP contribution in [0.5, 0.6) is 0 Å². The van der Waals surface area contributed by atoms with Crippen molar-refractivity contribution >= 4 is 39.0 Å². The van der Waals surface area contributed by atoms with E-state index < -0.39 is 0 Å². The molecule has 1 fully saturated rings. The molecule has 4 rings (SSSR count). The normalized spacial score (nSPS) is 14.7. The van der Waals surface area contributed by atoms with Crippen LogP contribution in [0.3, 0.4) is 0 Å². The van der Waals surface area contributed by atoms with Crippen LogP contribution in [0.25, 0.3) is 5.65 Å². The van der Waals surface area contributed by atoms with Gasteiger partial charge in [-0.25, -0.2) is 4.79 Å². The molecule has 3 heterocycles. The molecule has 1 N–H and O–H groups in total. The highest BCUT2D eigenvalue weighted by Crippen LogP contribution is 2.18. The van der Waals surface area contributed by atoms with E-state index >= 15 is 0 Å². The fourth-order valence-electron chi connectivity index (χ4n) is 2.97. The van der Waals surface area contributed by atoms with Crippen LogP contribution >= 0.6 is 15.9 Å². The van der Waals surface area contributed by atoms with E-state index in [9.17, 15) is 4.79 Å².